The van der Waals surface area contributed by atoms with E-state index >= 15 is 0 Å². The van der Waals surface area contributed by atoms with Gasteiger partial charge in [-0.05, 0) is 67.6 Å². The lowest BCUT2D eigenvalue weighted by molar-refractivity contribution is 0.262. The Balaban J connectivity index is 1.43. The number of nitrogens with zero attached hydrogens (tertiary/aromatic N) is 3. The lowest BCUT2D eigenvalue weighted by Crippen LogP contribution is -2.19. The van der Waals surface area contributed by atoms with Gasteiger partial charge in [-0.25, -0.2) is 14.8 Å². The van der Waals surface area contributed by atoms with Crippen LogP contribution < -0.4 is 16.4 Å². The number of urea groups is 1. The van der Waals surface area contributed by atoms with Crippen LogP contribution in [0.1, 0.15) is 23.2 Å². The molecule has 4 N–H and O–H groups in total. The van der Waals surface area contributed by atoms with E-state index in [0.717, 1.165) is 47.2 Å². The Labute approximate surface area is 174 Å². The maximum atomic E-state index is 12.4. The first-order valence-electron chi connectivity index (χ1n) is 9.98. The Morgan fingerprint density at radius 3 is 2.63 bits per heavy atom. The van der Waals surface area contributed by atoms with E-state index in [4.69, 9.17) is 5.73 Å². The van der Waals surface area contributed by atoms with Crippen molar-refractivity contribution >= 4 is 34.3 Å². The van der Waals surface area contributed by atoms with E-state index in [9.17, 15) is 4.79 Å². The fraction of sp³-hybridized carbons (Fsp3) is 0.174. The number of nitrogens with one attached hydrogen (secondary N) is 2. The second kappa shape index (κ2) is 7.18. The van der Waals surface area contributed by atoms with Crippen LogP contribution in [-0.2, 0) is 12.8 Å². The number of amides is 2. The number of rotatable bonds is 3. The first-order valence-corrected chi connectivity index (χ1v) is 9.98. The minimum absolute atomic E-state index is 0.276. The van der Waals surface area contributed by atoms with Crippen LogP contribution in [0.2, 0.25) is 0 Å². The molecule has 1 aliphatic carbocycles. The summed E-state index contributed by atoms with van der Waals surface area (Å²) in [5.41, 5.74) is 14.0. The molecule has 0 spiro atoms. The number of aromatic nitrogens is 3. The number of carbonyl (C=O) groups is 1. The number of aryl methyl sites for hydroxylation is 2. The first kappa shape index (κ1) is 18.2. The van der Waals surface area contributed by atoms with Crippen molar-refractivity contribution in [1.29, 1.82) is 0 Å². The molecule has 0 saturated carbocycles. The van der Waals surface area contributed by atoms with Crippen LogP contribution in [0.25, 0.3) is 16.7 Å². The second-order valence-corrected chi connectivity index (χ2v) is 7.51. The molecule has 0 fully saturated rings. The van der Waals surface area contributed by atoms with Crippen molar-refractivity contribution in [3.63, 3.8) is 0 Å². The Hall–Kier alpha value is -3.87. The van der Waals surface area contributed by atoms with Crippen LogP contribution in [0, 0.1) is 6.92 Å². The number of hydrogen-bond acceptors (Lipinski definition) is 4. The maximum absolute atomic E-state index is 12.4. The van der Waals surface area contributed by atoms with Crippen molar-refractivity contribution in [3.8, 4) is 5.69 Å². The Morgan fingerprint density at radius 1 is 1.03 bits per heavy atom. The summed E-state index contributed by atoms with van der Waals surface area (Å²) in [5.74, 6) is 0.481. The summed E-state index contributed by atoms with van der Waals surface area (Å²) in [6.45, 7) is 1.96. The molecule has 2 amide bonds. The van der Waals surface area contributed by atoms with Gasteiger partial charge in [0.2, 0.25) is 0 Å². The van der Waals surface area contributed by atoms with Gasteiger partial charge in [0.15, 0.2) is 5.82 Å². The number of nitrogen functional groups attached to an aromatic ring is 1. The quantitative estimate of drug-likeness (QED) is 0.475. The number of para-hydroxylation sites is 1. The molecule has 5 rings (SSSR count). The summed E-state index contributed by atoms with van der Waals surface area (Å²) in [7, 11) is 0. The van der Waals surface area contributed by atoms with E-state index in [1.165, 1.54) is 17.6 Å². The molecule has 2 heterocycles. The average molecular weight is 398 g/mol. The Bertz CT molecular complexity index is 1260. The van der Waals surface area contributed by atoms with Gasteiger partial charge in [-0.2, -0.15) is 0 Å². The highest BCUT2D eigenvalue weighted by Gasteiger charge is 2.25. The highest BCUT2D eigenvalue weighted by molar-refractivity contribution is 6.00. The van der Waals surface area contributed by atoms with Gasteiger partial charge in [0.1, 0.15) is 11.8 Å². The summed E-state index contributed by atoms with van der Waals surface area (Å²) in [4.78, 5) is 21.0. The van der Waals surface area contributed by atoms with E-state index < -0.39 is 0 Å². The van der Waals surface area contributed by atoms with Gasteiger partial charge < -0.3 is 20.9 Å². The highest BCUT2D eigenvalue weighted by Crippen LogP contribution is 2.36. The molecule has 0 aliphatic heterocycles. The number of anilines is 3. The van der Waals surface area contributed by atoms with Crippen LogP contribution in [0.5, 0.6) is 0 Å². The Kier molecular flexibility index (Phi) is 4.35. The van der Waals surface area contributed by atoms with Gasteiger partial charge in [0, 0.05) is 22.8 Å². The smallest absolute Gasteiger partial charge is 0.323 e. The third-order valence-electron chi connectivity index (χ3n) is 5.60. The van der Waals surface area contributed by atoms with Crippen molar-refractivity contribution in [2.24, 2.45) is 0 Å². The standard InChI is InChI=1S/C23H22N6O/c1-14-5-2-3-7-18(14)28-23(30)27-15-9-11-16(12-10-15)29-19-8-4-6-17(19)20-21(29)22(24)26-13-25-20/h2-3,5,7,9-13H,4,6,8H2,1H3,(H2,24,25,26)(H2,27,28,30). The topological polar surface area (TPSA) is 97.9 Å². The molecular weight excluding hydrogens is 376 g/mol. The summed E-state index contributed by atoms with van der Waals surface area (Å²) < 4.78 is 2.16. The van der Waals surface area contributed by atoms with Crippen LogP contribution in [0.4, 0.5) is 22.0 Å². The summed E-state index contributed by atoms with van der Waals surface area (Å²) in [5, 5.41) is 5.76. The summed E-state index contributed by atoms with van der Waals surface area (Å²) >= 11 is 0. The highest BCUT2D eigenvalue weighted by atomic mass is 16.2. The molecular formula is C23H22N6O. The zero-order chi connectivity index (χ0) is 20.7. The molecule has 2 aromatic heterocycles. The van der Waals surface area contributed by atoms with Crippen molar-refractivity contribution in [2.45, 2.75) is 26.2 Å². The van der Waals surface area contributed by atoms with E-state index in [0.29, 0.717) is 11.5 Å². The number of hydrogen-bond donors (Lipinski definition) is 3. The largest absolute Gasteiger partial charge is 0.382 e. The number of carbonyl (C=O) groups excluding carboxylic acids is 1. The number of nitrogens with two attached hydrogens (primary N) is 1. The lowest BCUT2D eigenvalue weighted by atomic mass is 10.2. The predicted molar refractivity (Wildman–Crippen MR) is 119 cm³/mol. The molecule has 0 saturated heterocycles. The summed E-state index contributed by atoms with van der Waals surface area (Å²) in [6.07, 6.45) is 4.64. The zero-order valence-electron chi connectivity index (χ0n) is 16.6. The lowest BCUT2D eigenvalue weighted by Gasteiger charge is -2.13. The normalized spacial score (nSPS) is 12.7. The second-order valence-electron chi connectivity index (χ2n) is 7.51. The van der Waals surface area contributed by atoms with Crippen molar-refractivity contribution < 1.29 is 4.79 Å². The molecule has 4 aromatic rings. The molecule has 2 aromatic carbocycles. The van der Waals surface area contributed by atoms with E-state index in [-0.39, 0.29) is 6.03 Å². The number of fused-ring (bicyclic) bond motifs is 3. The third kappa shape index (κ3) is 3.04. The molecule has 1 aliphatic rings. The molecule has 30 heavy (non-hydrogen) atoms. The average Bonchev–Trinajstić information content (AvgIpc) is 3.32. The minimum atomic E-state index is -0.276. The molecule has 0 radical (unpaired) electrons. The van der Waals surface area contributed by atoms with Gasteiger partial charge in [0.25, 0.3) is 0 Å². The van der Waals surface area contributed by atoms with Gasteiger partial charge in [-0.1, -0.05) is 18.2 Å². The molecule has 0 unspecified atom stereocenters. The van der Waals surface area contributed by atoms with Crippen molar-refractivity contribution in [3.05, 3.63) is 71.7 Å². The van der Waals surface area contributed by atoms with Gasteiger partial charge >= 0.3 is 6.03 Å². The molecule has 150 valence electrons. The fourth-order valence-corrected chi connectivity index (χ4v) is 4.17. The number of benzene rings is 2. The fourth-order valence-electron chi connectivity index (χ4n) is 4.17. The predicted octanol–water partition coefficient (Wildman–Crippen LogP) is 4.44. The van der Waals surface area contributed by atoms with E-state index in [2.05, 4.69) is 25.2 Å². The van der Waals surface area contributed by atoms with Crippen LogP contribution in [0.15, 0.2) is 54.9 Å². The molecule has 7 nitrogen and oxygen atoms in total. The van der Waals surface area contributed by atoms with E-state index in [1.54, 1.807) is 0 Å². The van der Waals surface area contributed by atoms with Crippen LogP contribution in [0.3, 0.4) is 0 Å². The third-order valence-corrected chi connectivity index (χ3v) is 5.60. The zero-order valence-corrected chi connectivity index (χ0v) is 16.6. The van der Waals surface area contributed by atoms with Gasteiger partial charge in [-0.3, -0.25) is 0 Å². The SMILES string of the molecule is Cc1ccccc1NC(=O)Nc1ccc(-n2c3c(c4ncnc(N)c42)CCC3)cc1. The summed E-state index contributed by atoms with van der Waals surface area (Å²) in [6, 6.07) is 15.1. The van der Waals surface area contributed by atoms with Crippen LogP contribution >= 0.6 is 0 Å². The molecule has 7 heteroatoms. The maximum Gasteiger partial charge on any atom is 0.323 e. The molecule has 0 atom stereocenters. The van der Waals surface area contributed by atoms with E-state index in [1.807, 2.05) is 55.5 Å². The van der Waals surface area contributed by atoms with Crippen LogP contribution in [-0.4, -0.2) is 20.6 Å². The van der Waals surface area contributed by atoms with Gasteiger partial charge in [-0.15, -0.1) is 0 Å². The monoisotopic (exact) mass is 398 g/mol. The first-order chi connectivity index (χ1) is 14.6. The molecule has 0 bridgehead atoms. The van der Waals surface area contributed by atoms with Gasteiger partial charge in [0.05, 0.1) is 5.52 Å². The minimum Gasteiger partial charge on any atom is -0.382 e. The Morgan fingerprint density at radius 2 is 1.83 bits per heavy atom. The van der Waals surface area contributed by atoms with Crippen molar-refractivity contribution in [1.82, 2.24) is 14.5 Å². The van der Waals surface area contributed by atoms with Crippen molar-refractivity contribution in [2.75, 3.05) is 16.4 Å².